The number of rotatable bonds is 0. The van der Waals surface area contributed by atoms with Gasteiger partial charge in [0.2, 0.25) is 0 Å². The maximum atomic E-state index is 4.18. The molecule has 10 heavy (non-hydrogen) atoms. The van der Waals surface area contributed by atoms with Crippen molar-refractivity contribution in [3.05, 3.63) is 28.4 Å². The van der Waals surface area contributed by atoms with Gasteiger partial charge in [0, 0.05) is 12.4 Å². The minimum atomic E-state index is 0.991. The van der Waals surface area contributed by atoms with Crippen LogP contribution in [0, 0.1) is 3.70 Å². The maximum Gasteiger partial charge on any atom is 0.124 e. The Hall–Kier alpha value is -0.650. The average Bonchev–Trinajstić information content (AvgIpc) is 2.27. The van der Waals surface area contributed by atoms with Crippen LogP contribution in [0.25, 0.3) is 5.52 Å². The zero-order valence-corrected chi connectivity index (χ0v) is 7.19. The normalized spacial score (nSPS) is 10.5. The lowest BCUT2D eigenvalue weighted by atomic mass is 10.5. The molecule has 2 aromatic rings. The van der Waals surface area contributed by atoms with Crippen molar-refractivity contribution >= 4 is 28.1 Å². The van der Waals surface area contributed by atoms with Gasteiger partial charge in [0.25, 0.3) is 0 Å². The molecule has 0 bridgehead atoms. The number of fused-ring (bicyclic) bond motifs is 1. The second-order valence-electron chi connectivity index (χ2n) is 1.91. The minimum absolute atomic E-state index is 0.991. The molecule has 0 fully saturated rings. The number of aromatic nitrogens is 3. The Labute approximate surface area is 71.2 Å². The van der Waals surface area contributed by atoms with E-state index < -0.39 is 0 Å². The fourth-order valence-corrected chi connectivity index (χ4v) is 1.37. The molecule has 4 heteroatoms. The van der Waals surface area contributed by atoms with E-state index in [0.717, 1.165) is 9.22 Å². The largest absolute Gasteiger partial charge is 0.261 e. The van der Waals surface area contributed by atoms with Crippen LogP contribution in [-0.4, -0.2) is 14.6 Å². The first-order valence-electron chi connectivity index (χ1n) is 2.81. The van der Waals surface area contributed by atoms with E-state index >= 15 is 0 Å². The Bertz CT molecular complexity index is 322. The lowest BCUT2D eigenvalue weighted by molar-refractivity contribution is 0.932. The van der Waals surface area contributed by atoms with E-state index in [1.807, 2.05) is 12.3 Å². The van der Waals surface area contributed by atoms with E-state index in [4.69, 9.17) is 0 Å². The summed E-state index contributed by atoms with van der Waals surface area (Å²) in [7, 11) is 0. The Morgan fingerprint density at radius 2 is 2.40 bits per heavy atom. The highest BCUT2D eigenvalue weighted by molar-refractivity contribution is 14.1. The summed E-state index contributed by atoms with van der Waals surface area (Å²) in [4.78, 5) is 3.96. The van der Waals surface area contributed by atoms with Crippen molar-refractivity contribution < 1.29 is 0 Å². The molecule has 0 amide bonds. The molecule has 0 atom stereocenters. The van der Waals surface area contributed by atoms with Crippen LogP contribution in [0.3, 0.4) is 0 Å². The van der Waals surface area contributed by atoms with Gasteiger partial charge in [0.05, 0.1) is 11.7 Å². The molecule has 2 aromatic heterocycles. The second-order valence-corrected chi connectivity index (χ2v) is 3.02. The first-order valence-corrected chi connectivity index (χ1v) is 3.89. The number of halogens is 1. The number of nitrogens with zero attached hydrogens (tertiary/aromatic N) is 3. The predicted molar refractivity (Wildman–Crippen MR) is 45.7 cm³/mol. The fraction of sp³-hybridized carbons (Fsp3) is 0. The molecule has 3 nitrogen and oxygen atoms in total. The van der Waals surface area contributed by atoms with Crippen molar-refractivity contribution in [1.29, 1.82) is 0 Å². The van der Waals surface area contributed by atoms with Crippen LogP contribution in [0.15, 0.2) is 24.7 Å². The van der Waals surface area contributed by atoms with Crippen LogP contribution in [0.2, 0.25) is 0 Å². The topological polar surface area (TPSA) is 30.2 Å². The highest BCUT2D eigenvalue weighted by Gasteiger charge is 1.94. The molecule has 0 aromatic carbocycles. The second kappa shape index (κ2) is 2.19. The number of hydrogen-bond donors (Lipinski definition) is 0. The third kappa shape index (κ3) is 0.880. The van der Waals surface area contributed by atoms with Gasteiger partial charge in [-0.15, -0.1) is 0 Å². The molecular formula is C6H4IN3. The molecule has 0 N–H and O–H groups in total. The summed E-state index contributed by atoms with van der Waals surface area (Å²) < 4.78 is 2.79. The smallest absolute Gasteiger partial charge is 0.124 e. The van der Waals surface area contributed by atoms with Crippen molar-refractivity contribution in [2.24, 2.45) is 0 Å². The summed E-state index contributed by atoms with van der Waals surface area (Å²) in [6, 6.07) is 1.98. The zero-order valence-electron chi connectivity index (χ0n) is 5.03. The van der Waals surface area contributed by atoms with E-state index in [2.05, 4.69) is 32.7 Å². The molecule has 0 aliphatic carbocycles. The van der Waals surface area contributed by atoms with E-state index in [1.54, 1.807) is 16.9 Å². The lowest BCUT2D eigenvalue weighted by Crippen LogP contribution is -1.85. The highest BCUT2D eigenvalue weighted by Crippen LogP contribution is 2.05. The molecule has 2 rings (SSSR count). The van der Waals surface area contributed by atoms with Gasteiger partial charge in [-0.05, 0) is 28.7 Å². The highest BCUT2D eigenvalue weighted by atomic mass is 127. The van der Waals surface area contributed by atoms with E-state index in [-0.39, 0.29) is 0 Å². The van der Waals surface area contributed by atoms with Gasteiger partial charge < -0.3 is 0 Å². The minimum Gasteiger partial charge on any atom is -0.261 e. The standard InChI is InChI=1S/C6H4IN3/c7-6-3-5-4-8-1-2-10(5)9-6/h1-4H. The van der Waals surface area contributed by atoms with Crippen LogP contribution in [0.4, 0.5) is 0 Å². The van der Waals surface area contributed by atoms with Gasteiger partial charge in [-0.3, -0.25) is 4.98 Å². The molecular weight excluding hydrogens is 241 g/mol. The van der Waals surface area contributed by atoms with E-state index in [1.165, 1.54) is 0 Å². The van der Waals surface area contributed by atoms with Crippen LogP contribution in [0.5, 0.6) is 0 Å². The summed E-state index contributed by atoms with van der Waals surface area (Å²) in [5.74, 6) is 0. The Morgan fingerprint density at radius 3 is 3.20 bits per heavy atom. The van der Waals surface area contributed by atoms with Crippen molar-refractivity contribution in [2.75, 3.05) is 0 Å². The summed E-state index contributed by atoms with van der Waals surface area (Å²) in [5, 5.41) is 4.18. The molecule has 0 aliphatic heterocycles. The quantitative estimate of drug-likeness (QED) is 0.655. The molecule has 0 spiro atoms. The zero-order chi connectivity index (χ0) is 6.97. The van der Waals surface area contributed by atoms with E-state index in [9.17, 15) is 0 Å². The SMILES string of the molecule is Ic1cc2cnccn2n1. The molecule has 0 radical (unpaired) electrons. The van der Waals surface area contributed by atoms with Crippen molar-refractivity contribution in [3.63, 3.8) is 0 Å². The van der Waals surface area contributed by atoms with Crippen molar-refractivity contribution in [2.45, 2.75) is 0 Å². The molecule has 0 unspecified atom stereocenters. The van der Waals surface area contributed by atoms with Crippen LogP contribution in [-0.2, 0) is 0 Å². The third-order valence-corrected chi connectivity index (χ3v) is 1.76. The average molecular weight is 245 g/mol. The van der Waals surface area contributed by atoms with Gasteiger partial charge >= 0.3 is 0 Å². The summed E-state index contributed by atoms with van der Waals surface area (Å²) in [5.41, 5.74) is 1.03. The fourth-order valence-electron chi connectivity index (χ4n) is 0.815. The maximum absolute atomic E-state index is 4.18. The molecule has 0 saturated carbocycles. The van der Waals surface area contributed by atoms with Crippen LogP contribution < -0.4 is 0 Å². The third-order valence-electron chi connectivity index (χ3n) is 1.24. The number of hydrogen-bond acceptors (Lipinski definition) is 2. The van der Waals surface area contributed by atoms with Crippen molar-refractivity contribution in [3.8, 4) is 0 Å². The summed E-state index contributed by atoms with van der Waals surface area (Å²) >= 11 is 2.17. The van der Waals surface area contributed by atoms with Gasteiger partial charge in [-0.1, -0.05) is 0 Å². The molecule has 0 aliphatic rings. The van der Waals surface area contributed by atoms with E-state index in [0.29, 0.717) is 0 Å². The van der Waals surface area contributed by atoms with Gasteiger partial charge in [0.15, 0.2) is 0 Å². The molecule has 2 heterocycles. The van der Waals surface area contributed by atoms with Gasteiger partial charge in [-0.25, -0.2) is 4.52 Å². The predicted octanol–water partition coefficient (Wildman–Crippen LogP) is 1.33. The monoisotopic (exact) mass is 245 g/mol. The van der Waals surface area contributed by atoms with Gasteiger partial charge in [-0.2, -0.15) is 5.10 Å². The van der Waals surface area contributed by atoms with Gasteiger partial charge in [0.1, 0.15) is 3.70 Å². The first-order chi connectivity index (χ1) is 4.86. The van der Waals surface area contributed by atoms with Crippen LogP contribution >= 0.6 is 22.6 Å². The lowest BCUT2D eigenvalue weighted by Gasteiger charge is -1.86. The first kappa shape index (κ1) is 6.09. The summed E-state index contributed by atoms with van der Waals surface area (Å²) in [6.07, 6.45) is 5.34. The Morgan fingerprint density at radius 1 is 1.50 bits per heavy atom. The Kier molecular flexibility index (Phi) is 1.33. The van der Waals surface area contributed by atoms with Crippen LogP contribution in [0.1, 0.15) is 0 Å². The summed E-state index contributed by atoms with van der Waals surface area (Å²) in [6.45, 7) is 0. The molecule has 0 saturated heterocycles. The molecule has 50 valence electrons. The van der Waals surface area contributed by atoms with Crippen molar-refractivity contribution in [1.82, 2.24) is 14.6 Å². The Balaban J connectivity index is 2.88.